The van der Waals surface area contributed by atoms with Crippen LogP contribution in [0.4, 0.5) is 0 Å². The molecule has 52 heavy (non-hydrogen) atoms. The summed E-state index contributed by atoms with van der Waals surface area (Å²) in [7, 11) is -4.37. The first kappa shape index (κ1) is 50.8. The Morgan fingerprint density at radius 1 is 0.558 bits per heavy atom. The molecule has 0 aliphatic rings. The van der Waals surface area contributed by atoms with Gasteiger partial charge in [0.25, 0.3) is 0 Å². The van der Waals surface area contributed by atoms with E-state index >= 15 is 0 Å². The lowest BCUT2D eigenvalue weighted by atomic mass is 10.0. The van der Waals surface area contributed by atoms with Crippen LogP contribution in [0.25, 0.3) is 0 Å². The number of phosphoric acid groups is 1. The van der Waals surface area contributed by atoms with Crippen molar-refractivity contribution in [3.8, 4) is 0 Å². The Bertz CT molecular complexity index is 871. The minimum absolute atomic E-state index is 0.0551. The van der Waals surface area contributed by atoms with E-state index in [9.17, 15) is 19.0 Å². The Morgan fingerprint density at radius 3 is 1.42 bits per heavy atom. The number of carbonyl (C=O) groups excluding carboxylic acids is 2. The number of unbranched alkanes of at least 4 members (excludes halogenated alkanes) is 26. The van der Waals surface area contributed by atoms with Gasteiger partial charge in [-0.05, 0) is 32.1 Å². The highest BCUT2D eigenvalue weighted by Gasteiger charge is 2.26. The Balaban J connectivity index is 4.06. The molecule has 10 heteroatoms. The first-order chi connectivity index (χ1) is 25.3. The van der Waals surface area contributed by atoms with E-state index in [1.807, 2.05) is 0 Å². The Hall–Kier alpha value is -1.25. The fourth-order valence-corrected chi connectivity index (χ4v) is 6.91. The second-order valence-corrected chi connectivity index (χ2v) is 16.0. The molecule has 0 rings (SSSR count). The van der Waals surface area contributed by atoms with E-state index in [0.717, 1.165) is 57.8 Å². The summed E-state index contributed by atoms with van der Waals surface area (Å²) in [6.45, 7) is 3.71. The highest BCUT2D eigenvalue weighted by atomic mass is 31.2. The average Bonchev–Trinajstić information content (AvgIpc) is 3.13. The fourth-order valence-electron chi connectivity index (χ4n) is 6.15. The molecule has 0 bridgehead atoms. The molecule has 0 aromatic carbocycles. The van der Waals surface area contributed by atoms with Crippen molar-refractivity contribution >= 4 is 19.8 Å². The zero-order valence-electron chi connectivity index (χ0n) is 33.8. The molecule has 0 aromatic rings. The third-order valence-corrected chi connectivity index (χ3v) is 10.4. The summed E-state index contributed by atoms with van der Waals surface area (Å²) >= 11 is 0. The van der Waals surface area contributed by atoms with E-state index in [2.05, 4.69) is 26.0 Å². The van der Waals surface area contributed by atoms with Crippen LogP contribution in [-0.4, -0.2) is 49.3 Å². The number of nitrogens with two attached hydrogens (primary N) is 1. The van der Waals surface area contributed by atoms with Gasteiger partial charge in [-0.15, -0.1) is 0 Å². The maximum absolute atomic E-state index is 12.6. The zero-order valence-corrected chi connectivity index (χ0v) is 34.7. The smallest absolute Gasteiger partial charge is 0.462 e. The van der Waals surface area contributed by atoms with Crippen molar-refractivity contribution in [2.75, 3.05) is 26.4 Å². The van der Waals surface area contributed by atoms with Crippen LogP contribution in [0.3, 0.4) is 0 Å². The van der Waals surface area contributed by atoms with Crippen molar-refractivity contribution in [1.29, 1.82) is 0 Å². The number of rotatable bonds is 41. The lowest BCUT2D eigenvalue weighted by Gasteiger charge is -2.19. The van der Waals surface area contributed by atoms with E-state index in [-0.39, 0.29) is 38.6 Å². The van der Waals surface area contributed by atoms with Gasteiger partial charge in [0.2, 0.25) is 0 Å². The van der Waals surface area contributed by atoms with Crippen LogP contribution in [0.2, 0.25) is 0 Å². The summed E-state index contributed by atoms with van der Waals surface area (Å²) in [6, 6.07) is 0. The first-order valence-electron chi connectivity index (χ1n) is 21.7. The highest BCUT2D eigenvalue weighted by Crippen LogP contribution is 2.43. The SMILES string of the molecule is CCCC/C=C/CCCCCCCC(=O)OC[C@H](COP(=O)(O)OCCN)OC(=O)CCCCCCCCCCCCCCCCCCCCCC. The Morgan fingerprint density at radius 2 is 0.962 bits per heavy atom. The van der Waals surface area contributed by atoms with Crippen molar-refractivity contribution in [3.63, 3.8) is 0 Å². The topological polar surface area (TPSA) is 134 Å². The largest absolute Gasteiger partial charge is 0.472 e. The minimum Gasteiger partial charge on any atom is -0.462 e. The van der Waals surface area contributed by atoms with Crippen LogP contribution in [0.5, 0.6) is 0 Å². The summed E-state index contributed by atoms with van der Waals surface area (Å²) < 4.78 is 32.7. The minimum atomic E-state index is -4.37. The second kappa shape index (κ2) is 39.4. The van der Waals surface area contributed by atoms with E-state index in [0.29, 0.717) is 6.42 Å². The third-order valence-electron chi connectivity index (χ3n) is 9.40. The molecule has 308 valence electrons. The van der Waals surface area contributed by atoms with Crippen molar-refractivity contribution < 1.29 is 37.6 Å². The molecule has 2 atom stereocenters. The van der Waals surface area contributed by atoms with Gasteiger partial charge in [-0.2, -0.15) is 0 Å². The van der Waals surface area contributed by atoms with Crippen LogP contribution in [0.15, 0.2) is 12.2 Å². The van der Waals surface area contributed by atoms with Gasteiger partial charge in [-0.25, -0.2) is 4.57 Å². The maximum atomic E-state index is 12.6. The molecule has 0 saturated carbocycles. The molecular formula is C42H82NO8P. The van der Waals surface area contributed by atoms with Gasteiger partial charge in [-0.1, -0.05) is 180 Å². The molecule has 0 saturated heterocycles. The van der Waals surface area contributed by atoms with Gasteiger partial charge in [0.1, 0.15) is 6.61 Å². The van der Waals surface area contributed by atoms with Crippen LogP contribution in [0.1, 0.15) is 213 Å². The summed E-state index contributed by atoms with van der Waals surface area (Å²) in [5.41, 5.74) is 5.34. The molecule has 0 spiro atoms. The summed E-state index contributed by atoms with van der Waals surface area (Å²) in [6.07, 6.45) is 39.6. The molecule has 1 unspecified atom stereocenters. The fraction of sp³-hybridized carbons (Fsp3) is 0.905. The number of esters is 2. The molecule has 3 N–H and O–H groups in total. The molecule has 0 heterocycles. The number of ether oxygens (including phenoxy) is 2. The third kappa shape index (κ3) is 38.5. The number of allylic oxidation sites excluding steroid dienone is 2. The van der Waals surface area contributed by atoms with Crippen LogP contribution >= 0.6 is 7.82 Å². The van der Waals surface area contributed by atoms with E-state index in [1.165, 1.54) is 122 Å². The van der Waals surface area contributed by atoms with Crippen LogP contribution in [0, 0.1) is 0 Å². The number of carbonyl (C=O) groups is 2. The van der Waals surface area contributed by atoms with Crippen molar-refractivity contribution in [3.05, 3.63) is 12.2 Å². The molecule has 0 aromatic heterocycles. The van der Waals surface area contributed by atoms with Crippen molar-refractivity contribution in [1.82, 2.24) is 0 Å². The van der Waals surface area contributed by atoms with E-state index in [1.54, 1.807) is 0 Å². The number of phosphoric ester groups is 1. The maximum Gasteiger partial charge on any atom is 0.472 e. The molecule has 0 aliphatic carbocycles. The van der Waals surface area contributed by atoms with Gasteiger partial charge in [-0.3, -0.25) is 18.6 Å². The highest BCUT2D eigenvalue weighted by molar-refractivity contribution is 7.47. The lowest BCUT2D eigenvalue weighted by Crippen LogP contribution is -2.29. The van der Waals surface area contributed by atoms with Gasteiger partial charge >= 0.3 is 19.8 Å². The van der Waals surface area contributed by atoms with Crippen molar-refractivity contribution in [2.24, 2.45) is 5.73 Å². The Labute approximate surface area is 319 Å². The van der Waals surface area contributed by atoms with Crippen LogP contribution in [-0.2, 0) is 32.7 Å². The summed E-state index contributed by atoms with van der Waals surface area (Å²) in [5.74, 6) is -0.830. The predicted octanol–water partition coefficient (Wildman–Crippen LogP) is 12.2. The standard InChI is InChI=1S/C42H82NO8P/c1-3-5-7-9-11-13-15-16-17-18-19-20-21-22-23-25-27-29-31-33-35-42(45)51-40(39-50-52(46,47)49-37-36-43)38-48-41(44)34-32-30-28-26-24-14-12-10-8-6-4-2/h10,12,40H,3-9,11,13-39,43H2,1-2H3,(H,46,47)/b12-10+/t40-/m1/s1. The second-order valence-electron chi connectivity index (χ2n) is 14.6. The average molecular weight is 760 g/mol. The molecular weight excluding hydrogens is 677 g/mol. The van der Waals surface area contributed by atoms with Crippen molar-refractivity contribution in [2.45, 2.75) is 219 Å². The van der Waals surface area contributed by atoms with Gasteiger partial charge in [0.05, 0.1) is 13.2 Å². The van der Waals surface area contributed by atoms with E-state index in [4.69, 9.17) is 24.3 Å². The quantitative estimate of drug-likeness (QED) is 0.0270. The van der Waals surface area contributed by atoms with Crippen LogP contribution < -0.4 is 5.73 Å². The normalized spacial score (nSPS) is 13.4. The number of hydrogen-bond acceptors (Lipinski definition) is 8. The monoisotopic (exact) mass is 760 g/mol. The first-order valence-corrected chi connectivity index (χ1v) is 23.2. The lowest BCUT2D eigenvalue weighted by molar-refractivity contribution is -0.161. The summed E-state index contributed by atoms with van der Waals surface area (Å²) in [4.78, 5) is 34.8. The predicted molar refractivity (Wildman–Crippen MR) is 215 cm³/mol. The summed E-state index contributed by atoms with van der Waals surface area (Å²) in [5, 5.41) is 0. The Kier molecular flexibility index (Phi) is 38.5. The van der Waals surface area contributed by atoms with Gasteiger partial charge < -0.3 is 20.1 Å². The molecule has 0 fully saturated rings. The number of hydrogen-bond donors (Lipinski definition) is 2. The van der Waals surface area contributed by atoms with E-state index < -0.39 is 26.5 Å². The molecule has 9 nitrogen and oxygen atoms in total. The van der Waals surface area contributed by atoms with Gasteiger partial charge in [0.15, 0.2) is 6.10 Å². The van der Waals surface area contributed by atoms with Gasteiger partial charge in [0, 0.05) is 19.4 Å². The zero-order chi connectivity index (χ0) is 38.2. The molecule has 0 amide bonds. The molecule has 0 radical (unpaired) electrons. The molecule has 0 aliphatic heterocycles.